The summed E-state index contributed by atoms with van der Waals surface area (Å²) < 4.78 is 40.8. The van der Waals surface area contributed by atoms with Crippen LogP contribution in [-0.2, 0) is 38.0 Å². The molecule has 10 nitrogen and oxygen atoms in total. The van der Waals surface area contributed by atoms with Crippen LogP contribution in [0.4, 0.5) is 5.82 Å². The fourth-order valence-electron chi connectivity index (χ4n) is 4.63. The number of aromatic amines is 1. The standard InChI is InChI=1S/C23H38N6O4S2Si/c1-15-18(36-28-34(30)21(2,3)4)23(14-32-15)8-10-29(11-9-23)20-17(13-33-35(31)22(5,6)7)25-19-16(26-20)12-24-27-19/h12,15,18,36H,8-11,13-14H2,1-7H3,(H,24,25,27)/b36-28+/t15-,18?,34?,35?/m0/s1. The number of hydrogen-bond acceptors (Lipinski definition) is 9. The van der Waals surface area contributed by atoms with Gasteiger partial charge in [-0.15, -0.1) is 4.04 Å². The van der Waals surface area contributed by atoms with Crippen LogP contribution in [0.1, 0.15) is 67.0 Å². The molecule has 3 unspecified atom stereocenters. The van der Waals surface area contributed by atoms with Crippen molar-refractivity contribution in [2.24, 2.45) is 9.45 Å². The quantitative estimate of drug-likeness (QED) is 0.426. The number of rotatable bonds is 6. The summed E-state index contributed by atoms with van der Waals surface area (Å²) in [4.78, 5) is 11.8. The first-order chi connectivity index (χ1) is 16.8. The monoisotopic (exact) mass is 554 g/mol. The minimum atomic E-state index is -1.47. The highest BCUT2D eigenvalue weighted by atomic mass is 32.2. The summed E-state index contributed by atoms with van der Waals surface area (Å²) in [7, 11) is -0.346. The highest BCUT2D eigenvalue weighted by Crippen LogP contribution is 2.50. The van der Waals surface area contributed by atoms with Gasteiger partial charge in [-0.3, -0.25) is 9.28 Å². The normalized spacial score (nSPS) is 24.7. The highest BCUT2D eigenvalue weighted by molar-refractivity contribution is 7.91. The van der Waals surface area contributed by atoms with Crippen molar-refractivity contribution in [3.63, 3.8) is 0 Å². The fourth-order valence-corrected chi connectivity index (χ4v) is 8.53. The van der Waals surface area contributed by atoms with E-state index >= 15 is 0 Å². The van der Waals surface area contributed by atoms with Crippen LogP contribution in [0.3, 0.4) is 0 Å². The lowest BCUT2D eigenvalue weighted by atomic mass is 9.76. The van der Waals surface area contributed by atoms with Gasteiger partial charge in [0.25, 0.3) is 0 Å². The van der Waals surface area contributed by atoms with Gasteiger partial charge in [0.2, 0.25) is 0 Å². The molecule has 2 aliphatic heterocycles. The molecule has 2 aromatic rings. The second-order valence-corrected chi connectivity index (χ2v) is 17.2. The van der Waals surface area contributed by atoms with Crippen LogP contribution < -0.4 is 4.90 Å². The Bertz CT molecular complexity index is 1120. The minimum Gasteiger partial charge on any atom is -0.592 e. The molecule has 2 fully saturated rings. The molecule has 4 heterocycles. The SMILES string of the molecule is C[C@@H]1OCC2(CCN(c3nc4cn[nH]c4nc3COS(=O)C(C)(C)C)CC2)C1/[SiH]=N/[S+]([O-])C(C)(C)C. The molecule has 0 aromatic carbocycles. The molecule has 2 saturated heterocycles. The van der Waals surface area contributed by atoms with Crippen molar-refractivity contribution in [3.8, 4) is 0 Å². The number of fused-ring (bicyclic) bond motifs is 1. The fraction of sp³-hybridized carbons (Fsp3) is 0.783. The number of nitrogens with one attached hydrogen (secondary N) is 1. The van der Waals surface area contributed by atoms with E-state index < -0.39 is 27.2 Å². The molecule has 1 spiro atoms. The maximum Gasteiger partial charge on any atom is 0.186 e. The predicted molar refractivity (Wildman–Crippen MR) is 145 cm³/mol. The molecule has 0 amide bonds. The third kappa shape index (κ3) is 5.91. The lowest BCUT2D eigenvalue weighted by molar-refractivity contribution is 0.0975. The Morgan fingerprint density at radius 1 is 1.31 bits per heavy atom. The van der Waals surface area contributed by atoms with E-state index in [0.717, 1.165) is 31.7 Å². The van der Waals surface area contributed by atoms with Gasteiger partial charge in [0, 0.05) is 24.0 Å². The summed E-state index contributed by atoms with van der Waals surface area (Å²) in [6, 6.07) is 0. The number of piperidine rings is 1. The summed E-state index contributed by atoms with van der Waals surface area (Å²) in [5, 5.41) is 6.94. The predicted octanol–water partition coefficient (Wildman–Crippen LogP) is 3.21. The summed E-state index contributed by atoms with van der Waals surface area (Å²) in [6.45, 7) is 16.1. The molecular formula is C23H38N6O4S2Si. The van der Waals surface area contributed by atoms with Crippen molar-refractivity contribution in [1.82, 2.24) is 20.2 Å². The Morgan fingerprint density at radius 3 is 2.64 bits per heavy atom. The first-order valence-corrected chi connectivity index (χ1v) is 15.7. The smallest absolute Gasteiger partial charge is 0.186 e. The number of ether oxygens (including phenoxy) is 1. The Morgan fingerprint density at radius 2 is 2.00 bits per heavy atom. The zero-order valence-corrected chi connectivity index (χ0v) is 25.0. The molecular weight excluding hydrogens is 517 g/mol. The zero-order valence-electron chi connectivity index (χ0n) is 22.2. The van der Waals surface area contributed by atoms with Gasteiger partial charge in [-0.2, -0.15) is 5.10 Å². The maximum absolute atomic E-state index is 12.6. The number of anilines is 1. The number of H-pyrrole nitrogens is 1. The molecule has 13 heteroatoms. The van der Waals surface area contributed by atoms with Gasteiger partial charge in [0.05, 0.1) is 35.0 Å². The molecule has 2 aliphatic rings. The molecule has 0 saturated carbocycles. The minimum absolute atomic E-state index is 0.0361. The van der Waals surface area contributed by atoms with Crippen LogP contribution in [0, 0.1) is 5.41 Å². The lowest BCUT2D eigenvalue weighted by Crippen LogP contribution is -2.44. The number of hydrogen-bond donors (Lipinski definition) is 1. The van der Waals surface area contributed by atoms with Gasteiger partial charge in [0.15, 0.2) is 31.9 Å². The lowest BCUT2D eigenvalue weighted by Gasteiger charge is -2.42. The van der Waals surface area contributed by atoms with Crippen LogP contribution in [0.2, 0.25) is 5.54 Å². The van der Waals surface area contributed by atoms with Crippen LogP contribution in [0.15, 0.2) is 10.2 Å². The van der Waals surface area contributed by atoms with E-state index in [1.165, 1.54) is 0 Å². The molecule has 1 N–H and O–H groups in total. The van der Waals surface area contributed by atoms with E-state index in [9.17, 15) is 8.76 Å². The van der Waals surface area contributed by atoms with Crippen LogP contribution in [0.5, 0.6) is 0 Å². The van der Waals surface area contributed by atoms with Crippen LogP contribution in [0.25, 0.3) is 11.2 Å². The van der Waals surface area contributed by atoms with Gasteiger partial charge in [-0.1, -0.05) is 0 Å². The molecule has 2 aromatic heterocycles. The molecule has 4 atom stereocenters. The largest absolute Gasteiger partial charge is 0.592 e. The van der Waals surface area contributed by atoms with E-state index in [-0.39, 0.29) is 32.2 Å². The molecule has 36 heavy (non-hydrogen) atoms. The molecule has 0 radical (unpaired) electrons. The molecule has 200 valence electrons. The van der Waals surface area contributed by atoms with Gasteiger partial charge in [-0.25, -0.2) is 14.2 Å². The van der Waals surface area contributed by atoms with Crippen LogP contribution in [-0.4, -0.2) is 73.5 Å². The number of aromatic nitrogens is 4. The topological polar surface area (TPSA) is 129 Å². The summed E-state index contributed by atoms with van der Waals surface area (Å²) in [6.07, 6.45) is 3.65. The number of nitrogens with zero attached hydrogens (tertiary/aromatic N) is 5. The summed E-state index contributed by atoms with van der Waals surface area (Å²) in [5.41, 5.74) is 2.27. The third-order valence-electron chi connectivity index (χ3n) is 6.88. The van der Waals surface area contributed by atoms with E-state index in [0.29, 0.717) is 29.0 Å². The van der Waals surface area contributed by atoms with Gasteiger partial charge >= 0.3 is 0 Å². The Balaban J connectivity index is 1.53. The van der Waals surface area contributed by atoms with E-state index in [2.05, 4.69) is 26.1 Å². The molecule has 0 bridgehead atoms. The molecule has 4 rings (SSSR count). The van der Waals surface area contributed by atoms with Crippen molar-refractivity contribution in [3.05, 3.63) is 11.9 Å². The van der Waals surface area contributed by atoms with Crippen molar-refractivity contribution < 1.29 is 17.7 Å². The Labute approximate surface area is 221 Å². The van der Waals surface area contributed by atoms with Gasteiger partial charge in [0.1, 0.15) is 22.6 Å². The Hall–Kier alpha value is -1.25. The van der Waals surface area contributed by atoms with E-state index in [1.54, 1.807) is 6.20 Å². The first-order valence-electron chi connectivity index (χ1n) is 12.4. The van der Waals surface area contributed by atoms with Gasteiger partial charge < -0.3 is 14.2 Å². The van der Waals surface area contributed by atoms with Gasteiger partial charge in [-0.05, 0) is 61.3 Å². The average molecular weight is 555 g/mol. The van der Waals surface area contributed by atoms with Crippen molar-refractivity contribution in [2.75, 3.05) is 24.6 Å². The average Bonchev–Trinajstić information content (AvgIpc) is 3.38. The summed E-state index contributed by atoms with van der Waals surface area (Å²) in [5.74, 6) is 0.749. The summed E-state index contributed by atoms with van der Waals surface area (Å²) >= 11 is -2.67. The van der Waals surface area contributed by atoms with Crippen molar-refractivity contribution in [1.29, 1.82) is 0 Å². The van der Waals surface area contributed by atoms with Crippen molar-refractivity contribution in [2.45, 2.75) is 89.1 Å². The highest BCUT2D eigenvalue weighted by Gasteiger charge is 2.49. The Kier molecular flexibility index (Phi) is 8.09. The second-order valence-electron chi connectivity index (χ2n) is 11.7. The van der Waals surface area contributed by atoms with E-state index in [1.807, 2.05) is 41.5 Å². The second kappa shape index (κ2) is 10.5. The maximum atomic E-state index is 12.6. The first kappa shape index (κ1) is 27.8. The zero-order chi connectivity index (χ0) is 26.3. The molecule has 0 aliphatic carbocycles. The van der Waals surface area contributed by atoms with Crippen molar-refractivity contribution >= 4 is 48.7 Å². The van der Waals surface area contributed by atoms with E-state index in [4.69, 9.17) is 18.9 Å². The van der Waals surface area contributed by atoms with Crippen LogP contribution >= 0.6 is 0 Å². The third-order valence-corrected chi connectivity index (χ3v) is 12.1.